The van der Waals surface area contributed by atoms with Gasteiger partial charge >= 0.3 is 11.9 Å². The number of aliphatic carboxylic acids is 1. The van der Waals surface area contributed by atoms with E-state index in [9.17, 15) is 9.59 Å². The van der Waals surface area contributed by atoms with Crippen LogP contribution in [0.1, 0.15) is 25.7 Å². The molecule has 0 aliphatic rings. The molecule has 0 spiro atoms. The molecule has 0 bridgehead atoms. The molecule has 0 heterocycles. The zero-order valence-corrected chi connectivity index (χ0v) is 9.04. The molecule has 0 fully saturated rings. The van der Waals surface area contributed by atoms with Crippen LogP contribution in [-0.2, 0) is 14.3 Å². The van der Waals surface area contributed by atoms with Crippen LogP contribution in [0.5, 0.6) is 0 Å². The number of carboxylic acid groups (broad SMARTS) is 1. The summed E-state index contributed by atoms with van der Waals surface area (Å²) in [6, 6.07) is 0. The van der Waals surface area contributed by atoms with Gasteiger partial charge in [0.2, 0.25) is 0 Å². The molecule has 0 radical (unpaired) electrons. The summed E-state index contributed by atoms with van der Waals surface area (Å²) in [4.78, 5) is 20.5. The van der Waals surface area contributed by atoms with Crippen molar-refractivity contribution in [1.29, 1.82) is 0 Å². The number of alkyl halides is 1. The number of halogens is 1. The molecular formula is C8H13BrO4. The molecule has 1 atom stereocenters. The fraction of sp³-hybridized carbons (Fsp3) is 0.750. The van der Waals surface area contributed by atoms with E-state index in [-0.39, 0.29) is 5.97 Å². The molecule has 0 aliphatic carbocycles. The zero-order valence-electron chi connectivity index (χ0n) is 7.46. The lowest BCUT2D eigenvalue weighted by atomic mass is 10.1. The number of methoxy groups -OCH3 is 1. The molecule has 0 amide bonds. The van der Waals surface area contributed by atoms with Crippen molar-refractivity contribution in [3.05, 3.63) is 0 Å². The fourth-order valence-electron chi connectivity index (χ4n) is 0.818. The number of hydrogen-bond acceptors (Lipinski definition) is 3. The van der Waals surface area contributed by atoms with Crippen LogP contribution in [0.15, 0.2) is 0 Å². The maximum atomic E-state index is 10.6. The Morgan fingerprint density at radius 3 is 2.54 bits per heavy atom. The number of carbonyl (C=O) groups excluding carboxylic acids is 1. The van der Waals surface area contributed by atoms with Gasteiger partial charge in [0.15, 0.2) is 0 Å². The highest BCUT2D eigenvalue weighted by molar-refractivity contribution is 9.10. The lowest BCUT2D eigenvalue weighted by Gasteiger charge is -2.03. The van der Waals surface area contributed by atoms with Crippen LogP contribution in [0.25, 0.3) is 0 Å². The summed E-state index contributed by atoms with van der Waals surface area (Å²) in [6.45, 7) is 0. The van der Waals surface area contributed by atoms with Crippen molar-refractivity contribution in [2.75, 3.05) is 7.11 Å². The van der Waals surface area contributed by atoms with E-state index in [1.54, 1.807) is 0 Å². The second kappa shape index (κ2) is 6.88. The van der Waals surface area contributed by atoms with E-state index in [2.05, 4.69) is 20.7 Å². The lowest BCUT2D eigenvalue weighted by Crippen LogP contribution is -2.12. The largest absolute Gasteiger partial charge is 0.480 e. The van der Waals surface area contributed by atoms with Crippen molar-refractivity contribution >= 4 is 27.9 Å². The number of hydrogen-bond donors (Lipinski definition) is 1. The number of esters is 1. The first-order chi connectivity index (χ1) is 6.07. The Bertz CT molecular complexity index is 181. The Labute approximate surface area is 85.4 Å². The van der Waals surface area contributed by atoms with Gasteiger partial charge < -0.3 is 9.84 Å². The zero-order chi connectivity index (χ0) is 10.3. The normalized spacial score (nSPS) is 12.2. The third-order valence-corrected chi connectivity index (χ3v) is 2.43. The third-order valence-electron chi connectivity index (χ3n) is 1.58. The highest BCUT2D eigenvalue weighted by atomic mass is 79.9. The minimum Gasteiger partial charge on any atom is -0.480 e. The van der Waals surface area contributed by atoms with Crippen molar-refractivity contribution in [1.82, 2.24) is 0 Å². The molecule has 76 valence electrons. The first-order valence-corrected chi connectivity index (χ1v) is 4.93. The van der Waals surface area contributed by atoms with Gasteiger partial charge in [0.1, 0.15) is 4.83 Å². The highest BCUT2D eigenvalue weighted by Gasteiger charge is 2.12. The second-order valence-corrected chi connectivity index (χ2v) is 3.73. The molecular weight excluding hydrogens is 240 g/mol. The predicted octanol–water partition coefficient (Wildman–Crippen LogP) is 1.57. The van der Waals surface area contributed by atoms with Gasteiger partial charge in [-0.05, 0) is 12.8 Å². The minimum atomic E-state index is -0.863. The Morgan fingerprint density at radius 2 is 2.08 bits per heavy atom. The number of rotatable bonds is 6. The molecule has 0 aromatic rings. The third kappa shape index (κ3) is 6.57. The second-order valence-electron chi connectivity index (χ2n) is 2.63. The van der Waals surface area contributed by atoms with Gasteiger partial charge in [-0.1, -0.05) is 22.4 Å². The summed E-state index contributed by atoms with van der Waals surface area (Å²) in [5, 5.41) is 8.50. The van der Waals surface area contributed by atoms with Gasteiger partial charge in [0.25, 0.3) is 0 Å². The summed E-state index contributed by atoms with van der Waals surface area (Å²) in [7, 11) is 1.34. The molecule has 0 aliphatic heterocycles. The lowest BCUT2D eigenvalue weighted by molar-refractivity contribution is -0.140. The molecule has 0 rings (SSSR count). The monoisotopic (exact) mass is 252 g/mol. The first kappa shape index (κ1) is 12.4. The van der Waals surface area contributed by atoms with E-state index in [0.29, 0.717) is 25.7 Å². The molecule has 0 aromatic carbocycles. The van der Waals surface area contributed by atoms with Gasteiger partial charge in [0.05, 0.1) is 7.11 Å². The van der Waals surface area contributed by atoms with Gasteiger partial charge in [-0.25, -0.2) is 0 Å². The quantitative estimate of drug-likeness (QED) is 0.443. The highest BCUT2D eigenvalue weighted by Crippen LogP contribution is 2.11. The van der Waals surface area contributed by atoms with Crippen molar-refractivity contribution in [3.8, 4) is 0 Å². The summed E-state index contributed by atoms with van der Waals surface area (Å²) in [6.07, 6.45) is 2.27. The van der Waals surface area contributed by atoms with E-state index in [0.717, 1.165) is 0 Å². The molecule has 4 nitrogen and oxygen atoms in total. The minimum absolute atomic E-state index is 0.249. The van der Waals surface area contributed by atoms with Crippen molar-refractivity contribution in [3.63, 3.8) is 0 Å². The molecule has 0 saturated carbocycles. The van der Waals surface area contributed by atoms with Crippen LogP contribution in [0.4, 0.5) is 0 Å². The summed E-state index contributed by atoms with van der Waals surface area (Å²) in [5.41, 5.74) is 0. The van der Waals surface area contributed by atoms with E-state index < -0.39 is 10.8 Å². The summed E-state index contributed by atoms with van der Waals surface area (Å²) in [5.74, 6) is -1.11. The standard InChI is InChI=1S/C8H13BrO4/c1-13-7(10)5-3-2-4-6(9)8(11)12/h6H,2-5H2,1H3,(H,11,12)/t6-/m0/s1. The Morgan fingerprint density at radius 1 is 1.46 bits per heavy atom. The smallest absolute Gasteiger partial charge is 0.317 e. The topological polar surface area (TPSA) is 63.6 Å². The molecule has 13 heavy (non-hydrogen) atoms. The molecule has 0 saturated heterocycles. The molecule has 1 N–H and O–H groups in total. The maximum absolute atomic E-state index is 10.6. The SMILES string of the molecule is COC(=O)CCCC[C@H](Br)C(=O)O. The Kier molecular flexibility index (Phi) is 6.58. The molecule has 0 aromatic heterocycles. The van der Waals surface area contributed by atoms with Crippen molar-refractivity contribution in [2.45, 2.75) is 30.5 Å². The molecule has 5 heteroatoms. The Balaban J connectivity index is 3.35. The van der Waals surface area contributed by atoms with Gasteiger partial charge in [-0.2, -0.15) is 0 Å². The van der Waals surface area contributed by atoms with Gasteiger partial charge in [-0.3, -0.25) is 9.59 Å². The Hall–Kier alpha value is -0.580. The summed E-state index contributed by atoms with van der Waals surface area (Å²) >= 11 is 3.01. The van der Waals surface area contributed by atoms with E-state index in [1.165, 1.54) is 7.11 Å². The van der Waals surface area contributed by atoms with Crippen LogP contribution in [0.2, 0.25) is 0 Å². The molecule has 0 unspecified atom stereocenters. The van der Waals surface area contributed by atoms with E-state index in [4.69, 9.17) is 5.11 Å². The van der Waals surface area contributed by atoms with Crippen LogP contribution >= 0.6 is 15.9 Å². The first-order valence-electron chi connectivity index (χ1n) is 4.01. The maximum Gasteiger partial charge on any atom is 0.317 e. The van der Waals surface area contributed by atoms with E-state index >= 15 is 0 Å². The van der Waals surface area contributed by atoms with Crippen LogP contribution in [0, 0.1) is 0 Å². The van der Waals surface area contributed by atoms with Crippen molar-refractivity contribution < 1.29 is 19.4 Å². The van der Waals surface area contributed by atoms with Gasteiger partial charge in [0, 0.05) is 6.42 Å². The van der Waals surface area contributed by atoms with Gasteiger partial charge in [-0.15, -0.1) is 0 Å². The number of unbranched alkanes of at least 4 members (excludes halogenated alkanes) is 1. The number of carbonyl (C=O) groups is 2. The number of ether oxygens (including phenoxy) is 1. The average molecular weight is 253 g/mol. The number of carboxylic acids is 1. The van der Waals surface area contributed by atoms with E-state index in [1.807, 2.05) is 0 Å². The predicted molar refractivity (Wildman–Crippen MR) is 50.8 cm³/mol. The van der Waals surface area contributed by atoms with Crippen LogP contribution < -0.4 is 0 Å². The van der Waals surface area contributed by atoms with Crippen LogP contribution in [-0.4, -0.2) is 29.0 Å². The summed E-state index contributed by atoms with van der Waals surface area (Å²) < 4.78 is 4.44. The van der Waals surface area contributed by atoms with Crippen molar-refractivity contribution in [2.24, 2.45) is 0 Å². The van der Waals surface area contributed by atoms with Crippen LogP contribution in [0.3, 0.4) is 0 Å². The average Bonchev–Trinajstić information content (AvgIpc) is 2.11. The fourth-order valence-corrected chi connectivity index (χ4v) is 1.14.